The van der Waals surface area contributed by atoms with Crippen molar-refractivity contribution in [3.8, 4) is 0 Å². The third-order valence-corrected chi connectivity index (χ3v) is 7.73. The topological polar surface area (TPSA) is 63.4 Å². The maximum Gasteiger partial charge on any atom is 0.252 e. The van der Waals surface area contributed by atoms with E-state index < -0.39 is 10.0 Å². The highest BCUT2D eigenvalue weighted by Crippen LogP contribution is 2.33. The lowest BCUT2D eigenvalue weighted by Crippen LogP contribution is -2.31. The van der Waals surface area contributed by atoms with E-state index in [4.69, 9.17) is 5.73 Å². The van der Waals surface area contributed by atoms with E-state index in [1.54, 1.807) is 6.07 Å². The third kappa shape index (κ3) is 2.72. The molecule has 1 aromatic heterocycles. The van der Waals surface area contributed by atoms with Crippen LogP contribution in [0.2, 0.25) is 0 Å². The van der Waals surface area contributed by atoms with Gasteiger partial charge in [0, 0.05) is 29.9 Å². The fourth-order valence-electron chi connectivity index (χ4n) is 2.83. The Morgan fingerprint density at radius 2 is 1.86 bits per heavy atom. The number of hydrogen-bond donors (Lipinski definition) is 1. The Morgan fingerprint density at radius 3 is 2.45 bits per heavy atom. The zero-order valence-corrected chi connectivity index (χ0v) is 14.3. The van der Waals surface area contributed by atoms with Crippen molar-refractivity contribution in [3.63, 3.8) is 0 Å². The molecule has 2 N–H and O–H groups in total. The van der Waals surface area contributed by atoms with Crippen LogP contribution in [0.5, 0.6) is 0 Å². The summed E-state index contributed by atoms with van der Waals surface area (Å²) in [6.45, 7) is 4.70. The summed E-state index contributed by atoms with van der Waals surface area (Å²) in [4.78, 5) is 1.04. The lowest BCUT2D eigenvalue weighted by molar-refractivity contribution is 0.472. The average molecular weight is 336 g/mol. The van der Waals surface area contributed by atoms with Crippen molar-refractivity contribution in [2.45, 2.75) is 30.0 Å². The molecule has 4 nitrogen and oxygen atoms in total. The van der Waals surface area contributed by atoms with Crippen LogP contribution < -0.4 is 5.73 Å². The van der Waals surface area contributed by atoms with E-state index in [9.17, 15) is 8.42 Å². The molecule has 0 amide bonds. The van der Waals surface area contributed by atoms with E-state index in [-0.39, 0.29) is 12.0 Å². The molecule has 22 heavy (non-hydrogen) atoms. The number of benzene rings is 1. The summed E-state index contributed by atoms with van der Waals surface area (Å²) in [5.74, 6) is 0.0538. The molecule has 3 rings (SSSR count). The van der Waals surface area contributed by atoms with Crippen molar-refractivity contribution in [1.82, 2.24) is 4.31 Å². The summed E-state index contributed by atoms with van der Waals surface area (Å²) in [5, 5.41) is 0. The fraction of sp³-hybridized carbons (Fsp3) is 0.375. The number of hydrogen-bond acceptors (Lipinski definition) is 4. The zero-order valence-electron chi connectivity index (χ0n) is 12.7. The fourth-order valence-corrected chi connectivity index (χ4v) is 6.01. The van der Waals surface area contributed by atoms with Gasteiger partial charge in [0.1, 0.15) is 4.21 Å². The van der Waals surface area contributed by atoms with E-state index in [0.717, 1.165) is 16.0 Å². The van der Waals surface area contributed by atoms with Gasteiger partial charge in [-0.05, 0) is 31.0 Å². The van der Waals surface area contributed by atoms with Crippen molar-refractivity contribution in [2.75, 3.05) is 13.1 Å². The van der Waals surface area contributed by atoms with Gasteiger partial charge in [-0.1, -0.05) is 30.3 Å². The first-order chi connectivity index (χ1) is 10.4. The molecular formula is C16H20N2O2S2. The maximum absolute atomic E-state index is 12.8. The van der Waals surface area contributed by atoms with Gasteiger partial charge in [0.05, 0.1) is 0 Å². The molecule has 1 aliphatic heterocycles. The quantitative estimate of drug-likeness (QED) is 0.936. The summed E-state index contributed by atoms with van der Waals surface area (Å²) in [6.07, 6.45) is 0. The Bertz CT molecular complexity index is 749. The van der Waals surface area contributed by atoms with E-state index in [1.807, 2.05) is 44.2 Å². The van der Waals surface area contributed by atoms with Crippen LogP contribution >= 0.6 is 11.3 Å². The van der Waals surface area contributed by atoms with Crippen LogP contribution in [-0.2, 0) is 10.0 Å². The Hall–Kier alpha value is -1.21. The number of aryl methyl sites for hydroxylation is 2. The predicted molar refractivity (Wildman–Crippen MR) is 89.7 cm³/mol. The van der Waals surface area contributed by atoms with E-state index in [1.165, 1.54) is 15.6 Å². The third-order valence-electron chi connectivity index (χ3n) is 4.30. The lowest BCUT2D eigenvalue weighted by Gasteiger charge is -2.15. The van der Waals surface area contributed by atoms with Crippen LogP contribution in [0, 0.1) is 13.8 Å². The standard InChI is InChI=1S/C16H20N2O2S2/c1-11-8-16(21-12(11)2)22(19,20)18-9-14(15(17)10-18)13-6-4-3-5-7-13/h3-8,14-15H,9-10,17H2,1-2H3/t14-,15+/m0/s1. The summed E-state index contributed by atoms with van der Waals surface area (Å²) in [6, 6.07) is 11.5. The van der Waals surface area contributed by atoms with Crippen molar-refractivity contribution < 1.29 is 8.42 Å². The normalized spacial score (nSPS) is 23.0. The molecule has 0 aliphatic carbocycles. The molecule has 0 bridgehead atoms. The monoisotopic (exact) mass is 336 g/mol. The van der Waals surface area contributed by atoms with Crippen molar-refractivity contribution in [3.05, 3.63) is 52.4 Å². The van der Waals surface area contributed by atoms with Crippen molar-refractivity contribution in [1.29, 1.82) is 0 Å². The molecule has 1 saturated heterocycles. The van der Waals surface area contributed by atoms with Crippen LogP contribution in [0.1, 0.15) is 21.9 Å². The molecule has 2 aromatic rings. The molecule has 2 heterocycles. The Balaban J connectivity index is 1.87. The van der Waals surface area contributed by atoms with Crippen molar-refractivity contribution >= 4 is 21.4 Å². The summed E-state index contributed by atoms with van der Waals surface area (Å²) < 4.78 is 27.6. The van der Waals surface area contributed by atoms with Gasteiger partial charge in [-0.3, -0.25) is 0 Å². The minimum Gasteiger partial charge on any atom is -0.326 e. The van der Waals surface area contributed by atoms with Gasteiger partial charge < -0.3 is 5.73 Å². The molecule has 0 radical (unpaired) electrons. The molecule has 1 fully saturated rings. The number of rotatable bonds is 3. The van der Waals surface area contributed by atoms with E-state index >= 15 is 0 Å². The van der Waals surface area contributed by atoms with Gasteiger partial charge in [0.25, 0.3) is 10.0 Å². The molecule has 1 aromatic carbocycles. The highest BCUT2D eigenvalue weighted by molar-refractivity contribution is 7.91. The number of nitrogens with two attached hydrogens (primary N) is 1. The second-order valence-corrected chi connectivity index (χ2v) is 9.23. The minimum absolute atomic E-state index is 0.0538. The van der Waals surface area contributed by atoms with Gasteiger partial charge >= 0.3 is 0 Å². The second kappa shape index (κ2) is 5.77. The molecule has 0 saturated carbocycles. The molecule has 0 unspecified atom stereocenters. The number of sulfonamides is 1. The Morgan fingerprint density at radius 1 is 1.18 bits per heavy atom. The first-order valence-corrected chi connectivity index (χ1v) is 9.53. The number of nitrogens with zero attached hydrogens (tertiary/aromatic N) is 1. The molecule has 118 valence electrons. The summed E-state index contributed by atoms with van der Waals surface area (Å²) in [5.41, 5.74) is 8.33. The Kier molecular flexibility index (Phi) is 4.11. The largest absolute Gasteiger partial charge is 0.326 e. The van der Waals surface area contributed by atoms with Crippen molar-refractivity contribution in [2.24, 2.45) is 5.73 Å². The van der Waals surface area contributed by atoms with E-state index in [0.29, 0.717) is 17.3 Å². The summed E-state index contributed by atoms with van der Waals surface area (Å²) >= 11 is 1.34. The summed E-state index contributed by atoms with van der Waals surface area (Å²) in [7, 11) is -3.44. The first-order valence-electron chi connectivity index (χ1n) is 7.27. The molecule has 2 atom stereocenters. The van der Waals surface area contributed by atoms with Crippen LogP contribution in [0.4, 0.5) is 0 Å². The molecular weight excluding hydrogens is 316 g/mol. The van der Waals surface area contributed by atoms with Crippen LogP contribution in [-0.4, -0.2) is 31.9 Å². The SMILES string of the molecule is Cc1cc(S(=O)(=O)N2C[C@@H](N)[C@H](c3ccccc3)C2)sc1C. The molecule has 1 aliphatic rings. The predicted octanol–water partition coefficient (Wildman–Crippen LogP) is 2.48. The minimum atomic E-state index is -3.44. The van der Waals surface area contributed by atoms with Crippen LogP contribution in [0.15, 0.2) is 40.6 Å². The second-order valence-electron chi connectivity index (χ2n) is 5.81. The van der Waals surface area contributed by atoms with Crippen LogP contribution in [0.3, 0.4) is 0 Å². The van der Waals surface area contributed by atoms with Gasteiger partial charge in [0.15, 0.2) is 0 Å². The van der Waals surface area contributed by atoms with Gasteiger partial charge in [-0.2, -0.15) is 4.31 Å². The maximum atomic E-state index is 12.8. The van der Waals surface area contributed by atoms with Crippen LogP contribution in [0.25, 0.3) is 0 Å². The lowest BCUT2D eigenvalue weighted by atomic mass is 9.95. The molecule has 0 spiro atoms. The highest BCUT2D eigenvalue weighted by atomic mass is 32.2. The van der Waals surface area contributed by atoms with E-state index in [2.05, 4.69) is 0 Å². The van der Waals surface area contributed by atoms with Gasteiger partial charge in [0.2, 0.25) is 0 Å². The van der Waals surface area contributed by atoms with Gasteiger partial charge in [-0.25, -0.2) is 8.42 Å². The van der Waals surface area contributed by atoms with Gasteiger partial charge in [-0.15, -0.1) is 11.3 Å². The number of thiophene rings is 1. The molecule has 6 heteroatoms. The Labute approximate surface area is 135 Å². The average Bonchev–Trinajstić information content (AvgIpc) is 3.04. The smallest absolute Gasteiger partial charge is 0.252 e. The highest BCUT2D eigenvalue weighted by Gasteiger charge is 2.38. The zero-order chi connectivity index (χ0) is 15.9. The first kappa shape index (κ1) is 15.7.